The van der Waals surface area contributed by atoms with Crippen molar-refractivity contribution in [3.63, 3.8) is 0 Å². The normalized spacial score (nSPS) is 16.3. The fourth-order valence-corrected chi connectivity index (χ4v) is 5.21. The van der Waals surface area contributed by atoms with Crippen LogP contribution < -0.4 is 15.0 Å². The number of halogens is 1. The minimum absolute atomic E-state index is 0.0286. The van der Waals surface area contributed by atoms with E-state index in [0.29, 0.717) is 59.4 Å². The van der Waals surface area contributed by atoms with E-state index < -0.39 is 19.0 Å². The summed E-state index contributed by atoms with van der Waals surface area (Å²) in [6, 6.07) is 5.47. The van der Waals surface area contributed by atoms with Gasteiger partial charge in [-0.25, -0.2) is 29.7 Å². The summed E-state index contributed by atoms with van der Waals surface area (Å²) in [6.45, 7) is -0.586. The molecule has 0 radical (unpaired) electrons. The Morgan fingerprint density at radius 1 is 1.16 bits per heavy atom. The van der Waals surface area contributed by atoms with Crippen LogP contribution in [0.2, 0.25) is 5.02 Å². The molecular formula is C28H29ClN10O5. The maximum atomic E-state index is 13.2. The minimum atomic E-state index is -1.81. The van der Waals surface area contributed by atoms with E-state index in [9.17, 15) is 20.3 Å². The molecule has 3 N–H and O–H groups in total. The van der Waals surface area contributed by atoms with Crippen molar-refractivity contribution in [1.29, 1.82) is 5.26 Å². The van der Waals surface area contributed by atoms with Crippen molar-refractivity contribution in [2.24, 2.45) is 7.05 Å². The third-order valence-corrected chi connectivity index (χ3v) is 7.28. The van der Waals surface area contributed by atoms with Crippen LogP contribution in [0.1, 0.15) is 31.2 Å². The highest BCUT2D eigenvalue weighted by atomic mass is 35.5. The first kappa shape index (κ1) is 30.5. The monoisotopic (exact) mass is 620 g/mol. The van der Waals surface area contributed by atoms with Crippen molar-refractivity contribution in [1.82, 2.24) is 34.7 Å². The molecule has 16 heteroatoms. The molecule has 0 aromatic carbocycles. The molecule has 0 bridgehead atoms. The Labute approximate surface area is 257 Å². The molecule has 0 unspecified atom stereocenters. The predicted molar refractivity (Wildman–Crippen MR) is 157 cm³/mol. The average molecular weight is 621 g/mol. The van der Waals surface area contributed by atoms with E-state index in [-0.39, 0.29) is 23.7 Å². The van der Waals surface area contributed by atoms with E-state index in [1.807, 2.05) is 0 Å². The molecule has 44 heavy (non-hydrogen) atoms. The van der Waals surface area contributed by atoms with E-state index in [4.69, 9.17) is 21.1 Å². The summed E-state index contributed by atoms with van der Waals surface area (Å²) in [5, 5.41) is 36.2. The molecule has 4 aromatic heterocycles. The molecule has 4 aromatic rings. The number of anilines is 2. The SMILES string of the molecule is COc1ncc(-c2ccnc(N(C(=O)OCC(O)O)[C@H]3CC[C@H](Nc4ncc(C#N)c(-c5nn(C)cc5Cl)n4)CC3)c2)cn1. The quantitative estimate of drug-likeness (QED) is 0.231. The smallest absolute Gasteiger partial charge is 0.415 e. The molecule has 0 spiro atoms. The number of nitrogens with one attached hydrogen (secondary N) is 1. The van der Waals surface area contributed by atoms with Crippen molar-refractivity contribution in [3.05, 3.63) is 53.7 Å². The van der Waals surface area contributed by atoms with E-state index in [1.165, 1.54) is 18.2 Å². The molecule has 0 saturated heterocycles. The molecule has 0 aliphatic heterocycles. The van der Waals surface area contributed by atoms with Crippen LogP contribution in [-0.4, -0.2) is 83.1 Å². The van der Waals surface area contributed by atoms with Crippen LogP contribution in [0.3, 0.4) is 0 Å². The summed E-state index contributed by atoms with van der Waals surface area (Å²) in [7, 11) is 3.20. The first-order valence-corrected chi connectivity index (χ1v) is 14.0. The Bertz CT molecular complexity index is 1650. The number of nitriles is 1. The highest BCUT2D eigenvalue weighted by molar-refractivity contribution is 6.33. The predicted octanol–water partition coefficient (Wildman–Crippen LogP) is 2.94. The number of hydrogen-bond donors (Lipinski definition) is 3. The van der Waals surface area contributed by atoms with Gasteiger partial charge in [-0.2, -0.15) is 10.4 Å². The van der Waals surface area contributed by atoms with Crippen LogP contribution in [0, 0.1) is 11.3 Å². The van der Waals surface area contributed by atoms with Gasteiger partial charge in [-0.3, -0.25) is 9.58 Å². The van der Waals surface area contributed by atoms with Gasteiger partial charge in [0.25, 0.3) is 0 Å². The number of rotatable bonds is 9. The van der Waals surface area contributed by atoms with Crippen LogP contribution in [0.4, 0.5) is 16.6 Å². The number of ether oxygens (including phenoxy) is 2. The zero-order valence-electron chi connectivity index (χ0n) is 23.8. The lowest BCUT2D eigenvalue weighted by Gasteiger charge is -2.36. The molecule has 1 aliphatic rings. The number of pyridine rings is 1. The lowest BCUT2D eigenvalue weighted by molar-refractivity contribution is -0.0770. The lowest BCUT2D eigenvalue weighted by atomic mass is 9.90. The second-order valence-electron chi connectivity index (χ2n) is 10.0. The molecule has 228 valence electrons. The van der Waals surface area contributed by atoms with Crippen molar-refractivity contribution >= 4 is 29.5 Å². The van der Waals surface area contributed by atoms with E-state index in [0.717, 1.165) is 5.56 Å². The van der Waals surface area contributed by atoms with Crippen molar-refractivity contribution in [2.45, 2.75) is 44.1 Å². The summed E-state index contributed by atoms with van der Waals surface area (Å²) in [5.74, 6) is 0.660. The number of carbonyl (C=O) groups excluding carboxylic acids is 1. The molecule has 4 heterocycles. The lowest BCUT2D eigenvalue weighted by Crippen LogP contribution is -2.45. The summed E-state index contributed by atoms with van der Waals surface area (Å²) in [5.41, 5.74) is 2.37. The number of carbonyl (C=O) groups is 1. The number of aliphatic hydroxyl groups excluding tert-OH is 1. The molecule has 0 atom stereocenters. The number of hydrogen-bond acceptors (Lipinski definition) is 13. The Morgan fingerprint density at radius 2 is 1.91 bits per heavy atom. The maximum absolute atomic E-state index is 13.2. The molecule has 1 saturated carbocycles. The van der Waals surface area contributed by atoms with E-state index >= 15 is 0 Å². The minimum Gasteiger partial charge on any atom is -0.467 e. The molecular weight excluding hydrogens is 592 g/mol. The van der Waals surface area contributed by atoms with Gasteiger partial charge in [0.1, 0.15) is 29.9 Å². The number of methoxy groups -OCH3 is 1. The molecule has 1 amide bonds. The Morgan fingerprint density at radius 3 is 2.55 bits per heavy atom. The summed E-state index contributed by atoms with van der Waals surface area (Å²) in [4.78, 5) is 36.2. The van der Waals surface area contributed by atoms with E-state index in [1.54, 1.807) is 48.6 Å². The van der Waals surface area contributed by atoms with Gasteiger partial charge in [-0.15, -0.1) is 0 Å². The van der Waals surface area contributed by atoms with Gasteiger partial charge in [-0.05, 0) is 43.4 Å². The second-order valence-corrected chi connectivity index (χ2v) is 10.4. The number of amides is 1. The summed E-state index contributed by atoms with van der Waals surface area (Å²) in [6.07, 6.45) is 7.70. The fraction of sp³-hybridized carbons (Fsp3) is 0.357. The first-order valence-electron chi connectivity index (χ1n) is 13.6. The topological polar surface area (TPSA) is 197 Å². The highest BCUT2D eigenvalue weighted by Crippen LogP contribution is 2.32. The molecule has 5 rings (SSSR count). The number of aryl methyl sites for hydroxylation is 1. The third kappa shape index (κ3) is 7.00. The average Bonchev–Trinajstić information content (AvgIpc) is 3.38. The Balaban J connectivity index is 1.33. The highest BCUT2D eigenvalue weighted by Gasteiger charge is 2.33. The van der Waals surface area contributed by atoms with Crippen LogP contribution in [0.15, 0.2) is 43.1 Å². The molecule has 1 fully saturated rings. The number of nitrogens with zero attached hydrogens (tertiary/aromatic N) is 9. The number of aromatic nitrogens is 7. The van der Waals surface area contributed by atoms with Crippen molar-refractivity contribution < 1.29 is 24.5 Å². The maximum Gasteiger partial charge on any atom is 0.415 e. The van der Waals surface area contributed by atoms with Crippen molar-refractivity contribution in [2.75, 3.05) is 23.9 Å². The van der Waals surface area contributed by atoms with Gasteiger partial charge < -0.3 is 25.0 Å². The van der Waals surface area contributed by atoms with Gasteiger partial charge in [0.05, 0.1) is 23.9 Å². The third-order valence-electron chi connectivity index (χ3n) is 7.00. The van der Waals surface area contributed by atoms with Crippen LogP contribution in [0.25, 0.3) is 22.5 Å². The van der Waals surface area contributed by atoms with Crippen LogP contribution >= 0.6 is 11.6 Å². The Hall–Kier alpha value is -4.91. The van der Waals surface area contributed by atoms with Crippen LogP contribution in [-0.2, 0) is 11.8 Å². The van der Waals surface area contributed by atoms with E-state index in [2.05, 4.69) is 41.4 Å². The first-order chi connectivity index (χ1) is 21.2. The zero-order valence-corrected chi connectivity index (χ0v) is 24.6. The largest absolute Gasteiger partial charge is 0.467 e. The summed E-state index contributed by atoms with van der Waals surface area (Å²) < 4.78 is 11.8. The molecule has 1 aliphatic carbocycles. The summed E-state index contributed by atoms with van der Waals surface area (Å²) >= 11 is 6.31. The van der Waals surface area contributed by atoms with Crippen molar-refractivity contribution in [3.8, 4) is 34.6 Å². The zero-order chi connectivity index (χ0) is 31.2. The van der Waals surface area contributed by atoms with Crippen LogP contribution in [0.5, 0.6) is 6.01 Å². The van der Waals surface area contributed by atoms with Gasteiger partial charge in [-0.1, -0.05) is 11.6 Å². The fourth-order valence-electron chi connectivity index (χ4n) is 4.94. The Kier molecular flexibility index (Phi) is 9.44. The molecule has 15 nitrogen and oxygen atoms in total. The van der Waals surface area contributed by atoms with Gasteiger partial charge >= 0.3 is 12.1 Å². The standard InChI is InChI=1S/C28H29ClN10O5/c1-38-14-21(29)25(37-38)24-17(10-30)11-32-26(36-24)35-19-3-5-20(6-4-19)39(28(42)44-15-23(40)41)22-9-16(7-8-31-22)18-12-33-27(43-2)34-13-18/h7-9,11-14,19-20,23,40-41H,3-6,15H2,1-2H3,(H,32,35,36)/t19-,20-. The van der Waals surface area contributed by atoms with Gasteiger partial charge in [0.2, 0.25) is 5.95 Å². The number of aliphatic hydroxyl groups is 2. The van der Waals surface area contributed by atoms with Gasteiger partial charge in [0.15, 0.2) is 6.29 Å². The van der Waals surface area contributed by atoms with Gasteiger partial charge in [0, 0.05) is 49.5 Å². The second kappa shape index (κ2) is 13.6.